The summed E-state index contributed by atoms with van der Waals surface area (Å²) in [6, 6.07) is 0. The van der Waals surface area contributed by atoms with Gasteiger partial charge < -0.3 is 5.73 Å². The van der Waals surface area contributed by atoms with Gasteiger partial charge in [-0.1, -0.05) is 50.0 Å². The highest BCUT2D eigenvalue weighted by Crippen LogP contribution is 2.09. The monoisotopic (exact) mass is 163 g/mol. The maximum Gasteiger partial charge on any atom is 0.0180 e. The van der Waals surface area contributed by atoms with Gasteiger partial charge in [-0.15, -0.1) is 0 Å². The van der Waals surface area contributed by atoms with Crippen LogP contribution in [0, 0.1) is 0 Å². The number of hydrogen-bond donors (Lipinski definition) is 1. The first-order valence-corrected chi connectivity index (χ1v) is 4.12. The van der Waals surface area contributed by atoms with Crippen molar-refractivity contribution in [1.29, 1.82) is 0 Å². The number of allylic oxidation sites excluding steroid dienone is 4. The third-order valence-corrected chi connectivity index (χ3v) is 1.65. The van der Waals surface area contributed by atoms with Gasteiger partial charge in [-0.3, -0.25) is 0 Å². The van der Waals surface area contributed by atoms with Gasteiger partial charge in [0.2, 0.25) is 0 Å². The highest BCUT2D eigenvalue weighted by molar-refractivity contribution is 5.32. The van der Waals surface area contributed by atoms with Gasteiger partial charge in [0.15, 0.2) is 0 Å². The lowest BCUT2D eigenvalue weighted by atomic mass is 10.1. The van der Waals surface area contributed by atoms with E-state index in [9.17, 15) is 0 Å². The quantitative estimate of drug-likeness (QED) is 0.619. The van der Waals surface area contributed by atoms with Crippen molar-refractivity contribution in [3.05, 3.63) is 48.6 Å². The van der Waals surface area contributed by atoms with E-state index in [0.29, 0.717) is 6.54 Å². The Morgan fingerprint density at radius 2 is 2.08 bits per heavy atom. The van der Waals surface area contributed by atoms with Crippen LogP contribution < -0.4 is 5.73 Å². The minimum Gasteiger partial charge on any atom is -0.326 e. The van der Waals surface area contributed by atoms with E-state index in [2.05, 4.69) is 20.1 Å². The second kappa shape index (κ2) is 6.62. The van der Waals surface area contributed by atoms with E-state index in [1.807, 2.05) is 18.2 Å². The van der Waals surface area contributed by atoms with Gasteiger partial charge in [-0.25, -0.2) is 0 Å². The summed E-state index contributed by atoms with van der Waals surface area (Å²) in [6.45, 7) is 10.1. The normalized spacial score (nSPS) is 12.0. The maximum atomic E-state index is 5.54. The van der Waals surface area contributed by atoms with Gasteiger partial charge in [-0.2, -0.15) is 0 Å². The van der Waals surface area contributed by atoms with Crippen molar-refractivity contribution in [2.75, 3.05) is 6.54 Å². The molecule has 0 atom stereocenters. The van der Waals surface area contributed by atoms with E-state index in [0.717, 1.165) is 17.6 Å². The first-order valence-electron chi connectivity index (χ1n) is 4.12. The second-order valence-electron chi connectivity index (χ2n) is 2.47. The zero-order valence-electron chi connectivity index (χ0n) is 7.72. The van der Waals surface area contributed by atoms with E-state index in [1.165, 1.54) is 0 Å². The molecule has 0 spiro atoms. The lowest BCUT2D eigenvalue weighted by Crippen LogP contribution is -2.04. The molecule has 0 aliphatic rings. The molecule has 0 fully saturated rings. The highest BCUT2D eigenvalue weighted by atomic mass is 14.5. The first kappa shape index (κ1) is 10.9. The van der Waals surface area contributed by atoms with Crippen LogP contribution in [0.1, 0.15) is 13.3 Å². The van der Waals surface area contributed by atoms with Crippen LogP contribution in [0.4, 0.5) is 0 Å². The minimum atomic E-state index is 0.550. The van der Waals surface area contributed by atoms with Crippen LogP contribution in [0.2, 0.25) is 0 Å². The number of rotatable bonds is 5. The molecule has 0 radical (unpaired) electrons. The van der Waals surface area contributed by atoms with Gasteiger partial charge in [0, 0.05) is 6.54 Å². The van der Waals surface area contributed by atoms with Crippen LogP contribution in [0.5, 0.6) is 0 Å². The largest absolute Gasteiger partial charge is 0.326 e. The zero-order chi connectivity index (χ0) is 9.40. The topological polar surface area (TPSA) is 26.0 Å². The number of nitrogens with two attached hydrogens (primary N) is 1. The fourth-order valence-electron chi connectivity index (χ4n) is 0.808. The Kier molecular flexibility index (Phi) is 6.02. The molecule has 0 saturated heterocycles. The molecular formula is C11H17N. The van der Waals surface area contributed by atoms with Crippen LogP contribution in [-0.2, 0) is 0 Å². The standard InChI is InChI=1S/C11H17N/c1-4-6-7-8-11(9-12)10(3)5-2/h4,6-8H,1,3,5,9,12H2,2H3/b7-6-,11-8+. The van der Waals surface area contributed by atoms with E-state index < -0.39 is 0 Å². The van der Waals surface area contributed by atoms with E-state index in [-0.39, 0.29) is 0 Å². The van der Waals surface area contributed by atoms with E-state index >= 15 is 0 Å². The summed E-state index contributed by atoms with van der Waals surface area (Å²) in [6.07, 6.45) is 8.46. The van der Waals surface area contributed by atoms with E-state index in [1.54, 1.807) is 6.08 Å². The van der Waals surface area contributed by atoms with Crippen molar-refractivity contribution < 1.29 is 0 Å². The van der Waals surface area contributed by atoms with Crippen LogP contribution in [0.15, 0.2) is 48.6 Å². The molecule has 0 aromatic carbocycles. The lowest BCUT2D eigenvalue weighted by molar-refractivity contribution is 1.05. The molecule has 0 aromatic rings. The summed E-state index contributed by atoms with van der Waals surface area (Å²) in [7, 11) is 0. The van der Waals surface area contributed by atoms with Crippen molar-refractivity contribution in [3.8, 4) is 0 Å². The predicted molar refractivity (Wildman–Crippen MR) is 55.9 cm³/mol. The van der Waals surface area contributed by atoms with Crippen LogP contribution in [0.25, 0.3) is 0 Å². The fraction of sp³-hybridized carbons (Fsp3) is 0.273. The van der Waals surface area contributed by atoms with Crippen molar-refractivity contribution in [2.24, 2.45) is 5.73 Å². The highest BCUT2D eigenvalue weighted by Gasteiger charge is 1.95. The molecule has 66 valence electrons. The molecule has 0 unspecified atom stereocenters. The van der Waals surface area contributed by atoms with Gasteiger partial charge in [0.1, 0.15) is 0 Å². The molecular weight excluding hydrogens is 146 g/mol. The molecule has 0 amide bonds. The first-order chi connectivity index (χ1) is 5.76. The van der Waals surface area contributed by atoms with Gasteiger partial charge in [0.25, 0.3) is 0 Å². The Bertz CT molecular complexity index is 209. The van der Waals surface area contributed by atoms with Gasteiger partial charge in [0.05, 0.1) is 0 Å². The Balaban J connectivity index is 4.32. The Labute approximate surface area is 75.0 Å². The molecule has 1 heteroatoms. The molecule has 0 aliphatic heterocycles. The molecule has 2 N–H and O–H groups in total. The Morgan fingerprint density at radius 1 is 1.42 bits per heavy atom. The summed E-state index contributed by atoms with van der Waals surface area (Å²) < 4.78 is 0. The molecule has 0 aromatic heterocycles. The average molecular weight is 163 g/mol. The third-order valence-electron chi connectivity index (χ3n) is 1.65. The van der Waals surface area contributed by atoms with E-state index in [4.69, 9.17) is 5.73 Å². The maximum absolute atomic E-state index is 5.54. The van der Waals surface area contributed by atoms with Gasteiger partial charge in [-0.05, 0) is 12.0 Å². The number of hydrogen-bond acceptors (Lipinski definition) is 1. The van der Waals surface area contributed by atoms with Crippen molar-refractivity contribution >= 4 is 0 Å². The minimum absolute atomic E-state index is 0.550. The molecule has 0 aliphatic carbocycles. The summed E-state index contributed by atoms with van der Waals surface area (Å²) >= 11 is 0. The molecule has 0 saturated carbocycles. The molecule has 1 nitrogen and oxygen atoms in total. The smallest absolute Gasteiger partial charge is 0.0180 e. The summed E-state index contributed by atoms with van der Waals surface area (Å²) in [5.41, 5.74) is 7.75. The van der Waals surface area contributed by atoms with Crippen molar-refractivity contribution in [1.82, 2.24) is 0 Å². The Hall–Kier alpha value is -1.08. The van der Waals surface area contributed by atoms with Gasteiger partial charge >= 0.3 is 0 Å². The summed E-state index contributed by atoms with van der Waals surface area (Å²) in [5.74, 6) is 0. The summed E-state index contributed by atoms with van der Waals surface area (Å²) in [5, 5.41) is 0. The molecule has 12 heavy (non-hydrogen) atoms. The SMILES string of the molecule is C=C/C=C\C=C(/CN)C(=C)CC. The van der Waals surface area contributed by atoms with Crippen LogP contribution >= 0.6 is 0 Å². The summed E-state index contributed by atoms with van der Waals surface area (Å²) in [4.78, 5) is 0. The van der Waals surface area contributed by atoms with Crippen LogP contribution in [0.3, 0.4) is 0 Å². The lowest BCUT2D eigenvalue weighted by Gasteiger charge is -2.03. The Morgan fingerprint density at radius 3 is 2.50 bits per heavy atom. The predicted octanol–water partition coefficient (Wildman–Crippen LogP) is 2.58. The van der Waals surface area contributed by atoms with Crippen molar-refractivity contribution in [3.63, 3.8) is 0 Å². The zero-order valence-corrected chi connectivity index (χ0v) is 7.72. The second-order valence-corrected chi connectivity index (χ2v) is 2.47. The average Bonchev–Trinajstić information content (AvgIpc) is 2.11. The van der Waals surface area contributed by atoms with Crippen molar-refractivity contribution in [2.45, 2.75) is 13.3 Å². The fourth-order valence-corrected chi connectivity index (χ4v) is 0.808. The molecule has 0 bridgehead atoms. The molecule has 0 heterocycles. The third kappa shape index (κ3) is 3.94. The molecule has 0 rings (SSSR count). The van der Waals surface area contributed by atoms with Crippen LogP contribution in [-0.4, -0.2) is 6.54 Å².